The lowest BCUT2D eigenvalue weighted by atomic mass is 9.99. The van der Waals surface area contributed by atoms with Crippen LogP contribution in [-0.4, -0.2) is 13.1 Å². The molecule has 2 aromatic carbocycles. The maximum atomic E-state index is 11.9. The van der Waals surface area contributed by atoms with Gasteiger partial charge < -0.3 is 4.80 Å². The lowest BCUT2D eigenvalue weighted by molar-refractivity contribution is 0.439. The summed E-state index contributed by atoms with van der Waals surface area (Å²) < 4.78 is 0. The summed E-state index contributed by atoms with van der Waals surface area (Å²) in [7, 11) is -2.90. The van der Waals surface area contributed by atoms with Gasteiger partial charge in [0.05, 0.1) is 0 Å². The number of hydrogen-bond donors (Lipinski definition) is 1. The van der Waals surface area contributed by atoms with Crippen molar-refractivity contribution in [2.45, 2.75) is 32.2 Å². The number of benzene rings is 2. The molecule has 1 atom stereocenters. The second-order valence-electron chi connectivity index (χ2n) is 6.60. The van der Waals surface area contributed by atoms with Crippen LogP contribution >= 0.6 is 0 Å². The molecule has 0 spiro atoms. The summed E-state index contributed by atoms with van der Waals surface area (Å²) in [5.74, 6) is 2.95. The summed E-state index contributed by atoms with van der Waals surface area (Å²) in [6, 6.07) is 20.1. The molecule has 0 saturated carbocycles. The average molecular weight is 308 g/mol. The van der Waals surface area contributed by atoms with Crippen LogP contribution in [0.1, 0.15) is 27.2 Å². The van der Waals surface area contributed by atoms with Crippen molar-refractivity contribution in [3.05, 3.63) is 60.7 Å². The van der Waals surface area contributed by atoms with Crippen molar-refractivity contribution in [2.24, 2.45) is 5.92 Å². The zero-order valence-electron chi connectivity index (χ0n) is 13.6. The first-order chi connectivity index (χ1) is 10.4. The van der Waals surface area contributed by atoms with Crippen LogP contribution in [0.2, 0.25) is 5.04 Å². The molecule has 0 fully saturated rings. The van der Waals surface area contributed by atoms with E-state index < -0.39 is 8.32 Å². The van der Waals surface area contributed by atoms with Crippen molar-refractivity contribution < 1.29 is 4.80 Å². The van der Waals surface area contributed by atoms with Gasteiger partial charge in [0.15, 0.2) is 0 Å². The molecule has 0 amide bonds. The van der Waals surface area contributed by atoms with E-state index in [1.54, 1.807) is 0 Å². The molecule has 1 nitrogen and oxygen atoms in total. The van der Waals surface area contributed by atoms with E-state index >= 15 is 0 Å². The van der Waals surface area contributed by atoms with E-state index in [9.17, 15) is 4.80 Å². The second kappa shape index (κ2) is 6.52. The number of rotatable bonds is 5. The fourth-order valence-electron chi connectivity index (χ4n) is 3.28. The normalized spacial score (nSPS) is 13.4. The van der Waals surface area contributed by atoms with Gasteiger partial charge in [0.2, 0.25) is 0 Å². The van der Waals surface area contributed by atoms with Crippen molar-refractivity contribution in [2.75, 3.05) is 0 Å². The fraction of sp³-hybridized carbons (Fsp3) is 0.300. The van der Waals surface area contributed by atoms with Gasteiger partial charge in [-0.25, -0.2) is 0 Å². The SMILES string of the molecule is C#C[C@@H](C)CC(C)(C)[Si](O)(c1ccccc1)c1ccccc1. The van der Waals surface area contributed by atoms with E-state index in [1.807, 2.05) is 67.6 Å². The number of hydrogen-bond acceptors (Lipinski definition) is 1. The molecule has 114 valence electrons. The molecule has 0 unspecified atom stereocenters. The molecule has 0 aromatic heterocycles. The highest BCUT2D eigenvalue weighted by Gasteiger charge is 2.50. The zero-order valence-corrected chi connectivity index (χ0v) is 14.6. The first-order valence-corrected chi connectivity index (χ1v) is 9.66. The molecular weight excluding hydrogens is 284 g/mol. The van der Waals surface area contributed by atoms with Crippen molar-refractivity contribution in [1.29, 1.82) is 0 Å². The van der Waals surface area contributed by atoms with Crippen molar-refractivity contribution in [1.82, 2.24) is 0 Å². The molecule has 0 aliphatic carbocycles. The van der Waals surface area contributed by atoms with Gasteiger partial charge >= 0.3 is 0 Å². The molecule has 2 aromatic rings. The van der Waals surface area contributed by atoms with Gasteiger partial charge in [0.25, 0.3) is 8.32 Å². The van der Waals surface area contributed by atoms with E-state index in [2.05, 4.69) is 19.8 Å². The Kier molecular flexibility index (Phi) is 4.90. The van der Waals surface area contributed by atoms with Crippen LogP contribution in [0, 0.1) is 18.3 Å². The Morgan fingerprint density at radius 3 is 1.77 bits per heavy atom. The molecule has 0 radical (unpaired) electrons. The molecule has 0 heterocycles. The molecule has 0 aliphatic heterocycles. The van der Waals surface area contributed by atoms with Gasteiger partial charge in [-0.2, -0.15) is 0 Å². The van der Waals surface area contributed by atoms with E-state index in [0.717, 1.165) is 16.8 Å². The minimum absolute atomic E-state index is 0.140. The topological polar surface area (TPSA) is 20.2 Å². The Morgan fingerprint density at radius 1 is 1.00 bits per heavy atom. The molecule has 0 bridgehead atoms. The predicted octanol–water partition coefficient (Wildman–Crippen LogP) is 3.18. The minimum Gasteiger partial charge on any atom is -0.424 e. The Hall–Kier alpha value is -1.82. The van der Waals surface area contributed by atoms with Gasteiger partial charge in [0.1, 0.15) is 0 Å². The lowest BCUT2D eigenvalue weighted by Gasteiger charge is -2.42. The van der Waals surface area contributed by atoms with Gasteiger partial charge in [-0.3, -0.25) is 0 Å². The van der Waals surface area contributed by atoms with Crippen molar-refractivity contribution in [3.8, 4) is 12.3 Å². The molecule has 22 heavy (non-hydrogen) atoms. The molecule has 1 N–H and O–H groups in total. The van der Waals surface area contributed by atoms with Crippen LogP contribution in [0.25, 0.3) is 0 Å². The maximum absolute atomic E-state index is 11.9. The Morgan fingerprint density at radius 2 is 1.41 bits per heavy atom. The molecule has 2 rings (SSSR count). The molecule has 0 aliphatic rings. The second-order valence-corrected chi connectivity index (χ2v) is 10.5. The van der Waals surface area contributed by atoms with Crippen LogP contribution in [0.3, 0.4) is 0 Å². The third kappa shape index (κ3) is 3.01. The van der Waals surface area contributed by atoms with Crippen molar-refractivity contribution in [3.63, 3.8) is 0 Å². The summed E-state index contributed by atoms with van der Waals surface area (Å²) >= 11 is 0. The number of terminal acetylenes is 1. The van der Waals surface area contributed by atoms with Crippen LogP contribution in [-0.2, 0) is 0 Å². The standard InChI is InChI=1S/C20H24OSi/c1-5-17(2)16-20(3,4)22(21,18-12-8-6-9-13-18)19-14-10-7-11-15-19/h1,6-15,17,21H,16H2,2-4H3/t17-/m1/s1. The largest absolute Gasteiger partial charge is 0.424 e. The smallest absolute Gasteiger partial charge is 0.258 e. The summed E-state index contributed by atoms with van der Waals surface area (Å²) in [6.45, 7) is 6.34. The third-order valence-electron chi connectivity index (χ3n) is 4.46. The molecule has 0 saturated heterocycles. The molecular formula is C20H24OSi. The van der Waals surface area contributed by atoms with Gasteiger partial charge in [0, 0.05) is 5.92 Å². The highest BCUT2D eigenvalue weighted by atomic mass is 28.4. The van der Waals surface area contributed by atoms with Crippen LogP contribution in [0.15, 0.2) is 60.7 Å². The maximum Gasteiger partial charge on any atom is 0.258 e. The van der Waals surface area contributed by atoms with E-state index in [0.29, 0.717) is 0 Å². The average Bonchev–Trinajstić information content (AvgIpc) is 2.55. The Bertz CT molecular complexity index is 601. The summed E-state index contributed by atoms with van der Waals surface area (Å²) in [5, 5.41) is 1.81. The Balaban J connectivity index is 2.59. The Labute approximate surface area is 135 Å². The first-order valence-electron chi connectivity index (χ1n) is 7.71. The van der Waals surface area contributed by atoms with E-state index in [-0.39, 0.29) is 11.0 Å². The first kappa shape index (κ1) is 16.5. The van der Waals surface area contributed by atoms with Gasteiger partial charge in [-0.1, -0.05) is 81.4 Å². The highest BCUT2D eigenvalue weighted by molar-refractivity contribution is 6.98. The predicted molar refractivity (Wildman–Crippen MR) is 96.8 cm³/mol. The summed E-state index contributed by atoms with van der Waals surface area (Å²) in [5.41, 5.74) is 0. The van der Waals surface area contributed by atoms with Crippen LogP contribution < -0.4 is 10.4 Å². The van der Waals surface area contributed by atoms with Gasteiger partial charge in [-0.05, 0) is 21.8 Å². The van der Waals surface area contributed by atoms with E-state index in [4.69, 9.17) is 6.42 Å². The van der Waals surface area contributed by atoms with Gasteiger partial charge in [-0.15, -0.1) is 12.3 Å². The minimum atomic E-state index is -2.90. The van der Waals surface area contributed by atoms with E-state index in [1.165, 1.54) is 0 Å². The lowest BCUT2D eigenvalue weighted by Crippen LogP contribution is -2.65. The monoisotopic (exact) mass is 308 g/mol. The third-order valence-corrected chi connectivity index (χ3v) is 8.96. The summed E-state index contributed by atoms with van der Waals surface area (Å²) in [4.78, 5) is 11.9. The quantitative estimate of drug-likeness (QED) is 0.664. The van der Waals surface area contributed by atoms with Crippen LogP contribution in [0.5, 0.6) is 0 Å². The van der Waals surface area contributed by atoms with Crippen molar-refractivity contribution >= 4 is 18.7 Å². The van der Waals surface area contributed by atoms with Crippen LogP contribution in [0.4, 0.5) is 0 Å². The summed E-state index contributed by atoms with van der Waals surface area (Å²) in [6.07, 6.45) is 6.39. The highest BCUT2D eigenvalue weighted by Crippen LogP contribution is 2.41. The fourth-order valence-corrected chi connectivity index (χ4v) is 7.13. The molecule has 2 heteroatoms. The zero-order chi connectivity index (χ0) is 16.2.